The summed E-state index contributed by atoms with van der Waals surface area (Å²) in [6.45, 7) is 5.74. The lowest BCUT2D eigenvalue weighted by molar-refractivity contribution is 0.111. The van der Waals surface area contributed by atoms with Gasteiger partial charge in [-0.25, -0.2) is 0 Å². The molecule has 2 unspecified atom stereocenters. The molecule has 2 aliphatic rings. The van der Waals surface area contributed by atoms with Gasteiger partial charge in [-0.3, -0.25) is 4.90 Å². The van der Waals surface area contributed by atoms with Gasteiger partial charge in [0.2, 0.25) is 0 Å². The van der Waals surface area contributed by atoms with Crippen molar-refractivity contribution in [2.24, 2.45) is 0 Å². The van der Waals surface area contributed by atoms with Crippen LogP contribution in [0.4, 0.5) is 0 Å². The van der Waals surface area contributed by atoms with E-state index in [4.69, 9.17) is 4.74 Å². The molecule has 1 heterocycles. The van der Waals surface area contributed by atoms with E-state index in [1.807, 2.05) is 7.11 Å². The molecule has 1 aliphatic heterocycles. The highest BCUT2D eigenvalue weighted by atomic mass is 16.5. The summed E-state index contributed by atoms with van der Waals surface area (Å²) < 4.78 is 5.42. The largest absolute Gasteiger partial charge is 0.380 e. The number of hydrogen-bond donors (Lipinski definition) is 1. The number of rotatable bonds is 5. The Bertz CT molecular complexity index is 216. The van der Waals surface area contributed by atoms with Gasteiger partial charge in [0, 0.05) is 32.3 Å². The van der Waals surface area contributed by atoms with E-state index in [1.165, 1.54) is 51.6 Å². The summed E-state index contributed by atoms with van der Waals surface area (Å²) in [4.78, 5) is 2.69. The summed E-state index contributed by atoms with van der Waals surface area (Å²) in [5, 5.41) is 3.59. The van der Waals surface area contributed by atoms with Crippen molar-refractivity contribution in [2.75, 3.05) is 26.7 Å². The molecule has 100 valence electrons. The van der Waals surface area contributed by atoms with Crippen molar-refractivity contribution in [1.82, 2.24) is 10.2 Å². The van der Waals surface area contributed by atoms with Crippen LogP contribution in [0.5, 0.6) is 0 Å². The minimum Gasteiger partial charge on any atom is -0.380 e. The van der Waals surface area contributed by atoms with E-state index >= 15 is 0 Å². The first-order valence-electron chi connectivity index (χ1n) is 7.33. The summed E-state index contributed by atoms with van der Waals surface area (Å²) in [6.07, 6.45) is 8.74. The predicted molar refractivity (Wildman–Crippen MR) is 71.3 cm³/mol. The molecule has 1 saturated heterocycles. The predicted octanol–water partition coefficient (Wildman–Crippen LogP) is 2.02. The Morgan fingerprint density at radius 3 is 2.59 bits per heavy atom. The average Bonchev–Trinajstić information content (AvgIpc) is 2.84. The average molecular weight is 240 g/mol. The van der Waals surface area contributed by atoms with E-state index < -0.39 is 0 Å². The lowest BCUT2D eigenvalue weighted by Gasteiger charge is -2.35. The molecular weight excluding hydrogens is 212 g/mol. The Labute approximate surface area is 106 Å². The summed E-state index contributed by atoms with van der Waals surface area (Å²) in [6, 6.07) is 1.49. The molecule has 0 amide bonds. The second kappa shape index (κ2) is 6.72. The maximum atomic E-state index is 5.42. The summed E-state index contributed by atoms with van der Waals surface area (Å²) in [7, 11) is 1.83. The van der Waals surface area contributed by atoms with Gasteiger partial charge in [-0.1, -0.05) is 26.2 Å². The van der Waals surface area contributed by atoms with Gasteiger partial charge in [0.15, 0.2) is 0 Å². The molecule has 0 radical (unpaired) electrons. The van der Waals surface area contributed by atoms with E-state index in [1.54, 1.807) is 0 Å². The quantitative estimate of drug-likeness (QED) is 0.795. The third kappa shape index (κ3) is 3.67. The standard InChI is InChI=1S/C14H28N2O/c1-3-16(13-7-5-4-6-8-13)11-12-9-14(17-2)10-15-12/h12-15H,3-11H2,1-2H3. The number of nitrogens with zero attached hydrogens (tertiary/aromatic N) is 1. The van der Waals surface area contributed by atoms with Crippen molar-refractivity contribution in [1.29, 1.82) is 0 Å². The summed E-state index contributed by atoms with van der Waals surface area (Å²) in [5.74, 6) is 0. The van der Waals surface area contributed by atoms with Crippen molar-refractivity contribution < 1.29 is 4.74 Å². The first-order valence-corrected chi connectivity index (χ1v) is 7.33. The fraction of sp³-hybridized carbons (Fsp3) is 1.00. The van der Waals surface area contributed by atoms with E-state index in [0.717, 1.165) is 12.6 Å². The van der Waals surface area contributed by atoms with E-state index in [-0.39, 0.29) is 0 Å². The van der Waals surface area contributed by atoms with Crippen molar-refractivity contribution >= 4 is 0 Å². The van der Waals surface area contributed by atoms with Crippen LogP contribution in [0.25, 0.3) is 0 Å². The molecule has 17 heavy (non-hydrogen) atoms. The molecule has 3 nitrogen and oxygen atoms in total. The molecule has 2 rings (SSSR count). The van der Waals surface area contributed by atoms with Crippen LogP contribution in [-0.4, -0.2) is 49.8 Å². The fourth-order valence-corrected chi connectivity index (χ4v) is 3.37. The topological polar surface area (TPSA) is 24.5 Å². The van der Waals surface area contributed by atoms with Gasteiger partial charge in [-0.15, -0.1) is 0 Å². The van der Waals surface area contributed by atoms with Crippen molar-refractivity contribution in [2.45, 2.75) is 63.6 Å². The molecule has 3 heteroatoms. The first kappa shape index (κ1) is 13.3. The smallest absolute Gasteiger partial charge is 0.0711 e. The van der Waals surface area contributed by atoms with Gasteiger partial charge < -0.3 is 10.1 Å². The maximum Gasteiger partial charge on any atom is 0.0711 e. The van der Waals surface area contributed by atoms with Gasteiger partial charge in [0.25, 0.3) is 0 Å². The molecule has 1 N–H and O–H groups in total. The molecule has 0 aromatic rings. The molecule has 2 atom stereocenters. The number of methoxy groups -OCH3 is 1. The summed E-state index contributed by atoms with van der Waals surface area (Å²) >= 11 is 0. The molecule has 0 aromatic heterocycles. The minimum atomic E-state index is 0.435. The van der Waals surface area contributed by atoms with Crippen molar-refractivity contribution in [3.05, 3.63) is 0 Å². The number of likely N-dealkylation sites (N-methyl/N-ethyl adjacent to an activating group) is 1. The first-order chi connectivity index (χ1) is 8.33. The molecule has 1 aliphatic carbocycles. The highest BCUT2D eigenvalue weighted by Crippen LogP contribution is 2.23. The minimum absolute atomic E-state index is 0.435. The number of ether oxygens (including phenoxy) is 1. The van der Waals surface area contributed by atoms with Crippen LogP contribution in [0.1, 0.15) is 45.4 Å². The molecule has 0 bridgehead atoms. The van der Waals surface area contributed by atoms with Crippen LogP contribution in [-0.2, 0) is 4.74 Å². The number of hydrogen-bond acceptors (Lipinski definition) is 3. The van der Waals surface area contributed by atoms with E-state index in [2.05, 4.69) is 17.1 Å². The van der Waals surface area contributed by atoms with Gasteiger partial charge in [0.1, 0.15) is 0 Å². The highest BCUT2D eigenvalue weighted by molar-refractivity contribution is 4.86. The SMILES string of the molecule is CCN(CC1CC(OC)CN1)C1CCCCC1. The Hall–Kier alpha value is -0.120. The molecule has 2 fully saturated rings. The zero-order valence-corrected chi connectivity index (χ0v) is 11.5. The van der Waals surface area contributed by atoms with Crippen LogP contribution in [0.2, 0.25) is 0 Å². The van der Waals surface area contributed by atoms with Crippen LogP contribution in [0, 0.1) is 0 Å². The Morgan fingerprint density at radius 2 is 2.00 bits per heavy atom. The second-order valence-corrected chi connectivity index (χ2v) is 5.58. The molecule has 0 spiro atoms. The zero-order valence-electron chi connectivity index (χ0n) is 11.5. The van der Waals surface area contributed by atoms with Crippen LogP contribution in [0.15, 0.2) is 0 Å². The maximum absolute atomic E-state index is 5.42. The van der Waals surface area contributed by atoms with Crippen LogP contribution < -0.4 is 5.32 Å². The third-order valence-electron chi connectivity index (χ3n) is 4.47. The van der Waals surface area contributed by atoms with Gasteiger partial charge in [-0.2, -0.15) is 0 Å². The van der Waals surface area contributed by atoms with Gasteiger partial charge >= 0.3 is 0 Å². The Morgan fingerprint density at radius 1 is 1.24 bits per heavy atom. The monoisotopic (exact) mass is 240 g/mol. The molecule has 0 aromatic carbocycles. The number of nitrogens with one attached hydrogen (secondary N) is 1. The van der Waals surface area contributed by atoms with Crippen LogP contribution >= 0.6 is 0 Å². The fourth-order valence-electron chi connectivity index (χ4n) is 3.37. The third-order valence-corrected chi connectivity index (χ3v) is 4.47. The summed E-state index contributed by atoms with van der Waals surface area (Å²) in [5.41, 5.74) is 0. The van der Waals surface area contributed by atoms with E-state index in [9.17, 15) is 0 Å². The Balaban J connectivity index is 1.78. The normalized spacial score (nSPS) is 31.2. The molecular formula is C14H28N2O. The lowest BCUT2D eigenvalue weighted by atomic mass is 9.94. The zero-order chi connectivity index (χ0) is 12.1. The van der Waals surface area contributed by atoms with Gasteiger partial charge in [-0.05, 0) is 25.8 Å². The Kier molecular flexibility index (Phi) is 5.26. The van der Waals surface area contributed by atoms with Crippen LogP contribution in [0.3, 0.4) is 0 Å². The highest BCUT2D eigenvalue weighted by Gasteiger charge is 2.28. The van der Waals surface area contributed by atoms with Gasteiger partial charge in [0.05, 0.1) is 6.10 Å². The van der Waals surface area contributed by atoms with E-state index in [0.29, 0.717) is 12.1 Å². The van der Waals surface area contributed by atoms with Crippen molar-refractivity contribution in [3.63, 3.8) is 0 Å². The molecule has 1 saturated carbocycles. The van der Waals surface area contributed by atoms with Crippen molar-refractivity contribution in [3.8, 4) is 0 Å². The lowest BCUT2D eigenvalue weighted by Crippen LogP contribution is -2.44. The second-order valence-electron chi connectivity index (χ2n) is 5.58.